The molecule has 1 saturated heterocycles. The van der Waals surface area contributed by atoms with Crippen LogP contribution in [-0.2, 0) is 13.1 Å². The fourth-order valence-electron chi connectivity index (χ4n) is 2.19. The van der Waals surface area contributed by atoms with Crippen LogP contribution in [0.5, 0.6) is 0 Å². The molecule has 1 fully saturated rings. The molecule has 0 radical (unpaired) electrons. The summed E-state index contributed by atoms with van der Waals surface area (Å²) in [6.07, 6.45) is 0. The minimum atomic E-state index is -0.201. The molecule has 0 amide bonds. The van der Waals surface area contributed by atoms with Crippen LogP contribution in [0.2, 0.25) is 0 Å². The quantitative estimate of drug-likeness (QED) is 0.852. The Bertz CT molecular complexity index is 373. The third-order valence-corrected chi connectivity index (χ3v) is 3.38. The summed E-state index contributed by atoms with van der Waals surface area (Å²) in [7, 11) is 2.14. The largest absolute Gasteiger partial charge is 0.326 e. The first-order valence-corrected chi connectivity index (χ1v) is 6.07. The van der Waals surface area contributed by atoms with Gasteiger partial charge in [-0.1, -0.05) is 6.07 Å². The van der Waals surface area contributed by atoms with Gasteiger partial charge in [-0.25, -0.2) is 4.39 Å². The second-order valence-electron chi connectivity index (χ2n) is 4.70. The van der Waals surface area contributed by atoms with Gasteiger partial charge in [0.15, 0.2) is 0 Å². The molecule has 0 atom stereocenters. The van der Waals surface area contributed by atoms with Crippen molar-refractivity contribution in [2.75, 3.05) is 33.2 Å². The summed E-state index contributed by atoms with van der Waals surface area (Å²) < 4.78 is 13.1. The van der Waals surface area contributed by atoms with Crippen molar-refractivity contribution in [1.29, 1.82) is 0 Å². The van der Waals surface area contributed by atoms with Gasteiger partial charge in [0.1, 0.15) is 5.82 Å². The molecule has 3 nitrogen and oxygen atoms in total. The fourth-order valence-corrected chi connectivity index (χ4v) is 2.19. The molecule has 4 heteroatoms. The van der Waals surface area contributed by atoms with Crippen molar-refractivity contribution in [3.8, 4) is 0 Å². The van der Waals surface area contributed by atoms with Gasteiger partial charge >= 0.3 is 0 Å². The molecule has 94 valence electrons. The second kappa shape index (κ2) is 5.58. The molecule has 1 aromatic carbocycles. The molecule has 1 heterocycles. The molecule has 17 heavy (non-hydrogen) atoms. The van der Waals surface area contributed by atoms with E-state index in [1.54, 1.807) is 6.07 Å². The van der Waals surface area contributed by atoms with Gasteiger partial charge in [0.05, 0.1) is 0 Å². The van der Waals surface area contributed by atoms with E-state index in [9.17, 15) is 4.39 Å². The maximum absolute atomic E-state index is 13.1. The van der Waals surface area contributed by atoms with Gasteiger partial charge in [-0.3, -0.25) is 4.90 Å². The number of likely N-dealkylation sites (N-methyl/N-ethyl adjacent to an activating group) is 1. The lowest BCUT2D eigenvalue weighted by Crippen LogP contribution is -2.44. The van der Waals surface area contributed by atoms with E-state index in [1.807, 2.05) is 6.07 Å². The van der Waals surface area contributed by atoms with Crippen LogP contribution in [-0.4, -0.2) is 43.0 Å². The lowest BCUT2D eigenvalue weighted by molar-refractivity contribution is 0.148. The molecule has 2 rings (SSSR count). The van der Waals surface area contributed by atoms with Crippen LogP contribution in [0.15, 0.2) is 18.2 Å². The highest BCUT2D eigenvalue weighted by Gasteiger charge is 2.15. The molecule has 1 aromatic rings. The predicted octanol–water partition coefficient (Wildman–Crippen LogP) is 1.03. The molecular formula is C13H20FN3. The van der Waals surface area contributed by atoms with E-state index in [-0.39, 0.29) is 5.82 Å². The van der Waals surface area contributed by atoms with Crippen LogP contribution in [0.1, 0.15) is 11.1 Å². The summed E-state index contributed by atoms with van der Waals surface area (Å²) in [5.74, 6) is -0.201. The van der Waals surface area contributed by atoms with Gasteiger partial charge in [0.2, 0.25) is 0 Å². The summed E-state index contributed by atoms with van der Waals surface area (Å²) in [5, 5.41) is 0. The van der Waals surface area contributed by atoms with Crippen LogP contribution in [0, 0.1) is 5.82 Å². The first-order chi connectivity index (χ1) is 8.19. The Labute approximate surface area is 102 Å². The molecule has 1 aliphatic rings. The minimum Gasteiger partial charge on any atom is -0.326 e. The highest BCUT2D eigenvalue weighted by Crippen LogP contribution is 2.14. The van der Waals surface area contributed by atoms with Gasteiger partial charge in [-0.05, 0) is 30.3 Å². The summed E-state index contributed by atoms with van der Waals surface area (Å²) >= 11 is 0. The first kappa shape index (κ1) is 12.5. The number of nitrogens with two attached hydrogens (primary N) is 1. The average Bonchev–Trinajstić information content (AvgIpc) is 2.34. The summed E-state index contributed by atoms with van der Waals surface area (Å²) in [5.41, 5.74) is 7.72. The number of benzene rings is 1. The van der Waals surface area contributed by atoms with E-state index in [4.69, 9.17) is 5.73 Å². The van der Waals surface area contributed by atoms with Crippen LogP contribution in [0.25, 0.3) is 0 Å². The fraction of sp³-hybridized carbons (Fsp3) is 0.538. The third-order valence-electron chi connectivity index (χ3n) is 3.38. The van der Waals surface area contributed by atoms with E-state index in [0.717, 1.165) is 43.9 Å². The number of nitrogens with zero attached hydrogens (tertiary/aromatic N) is 2. The van der Waals surface area contributed by atoms with Gasteiger partial charge in [-0.2, -0.15) is 0 Å². The zero-order valence-electron chi connectivity index (χ0n) is 10.3. The zero-order valence-corrected chi connectivity index (χ0v) is 10.3. The Morgan fingerprint density at radius 3 is 2.53 bits per heavy atom. The predicted molar refractivity (Wildman–Crippen MR) is 67.1 cm³/mol. The smallest absolute Gasteiger partial charge is 0.123 e. The molecule has 0 aromatic heterocycles. The molecule has 0 bridgehead atoms. The minimum absolute atomic E-state index is 0.201. The highest BCUT2D eigenvalue weighted by atomic mass is 19.1. The lowest BCUT2D eigenvalue weighted by atomic mass is 10.1. The second-order valence-corrected chi connectivity index (χ2v) is 4.70. The maximum Gasteiger partial charge on any atom is 0.123 e. The number of hydrogen-bond donors (Lipinski definition) is 1. The topological polar surface area (TPSA) is 32.5 Å². The van der Waals surface area contributed by atoms with Crippen molar-refractivity contribution >= 4 is 0 Å². The molecule has 2 N–H and O–H groups in total. The number of piperazine rings is 1. The number of halogens is 1. The molecule has 0 saturated carbocycles. The van der Waals surface area contributed by atoms with Crippen molar-refractivity contribution in [2.45, 2.75) is 13.1 Å². The van der Waals surface area contributed by atoms with Gasteiger partial charge < -0.3 is 10.6 Å². The Morgan fingerprint density at radius 2 is 1.88 bits per heavy atom. The Morgan fingerprint density at radius 1 is 1.18 bits per heavy atom. The third kappa shape index (κ3) is 3.25. The summed E-state index contributed by atoms with van der Waals surface area (Å²) in [6.45, 7) is 5.61. The summed E-state index contributed by atoms with van der Waals surface area (Å²) in [6, 6.07) is 4.92. The molecule has 0 unspecified atom stereocenters. The van der Waals surface area contributed by atoms with Crippen LogP contribution in [0.4, 0.5) is 4.39 Å². The van der Waals surface area contributed by atoms with E-state index in [0.29, 0.717) is 6.54 Å². The van der Waals surface area contributed by atoms with Crippen molar-refractivity contribution in [2.24, 2.45) is 5.73 Å². The Balaban J connectivity index is 2.03. The monoisotopic (exact) mass is 237 g/mol. The van der Waals surface area contributed by atoms with Crippen molar-refractivity contribution in [3.05, 3.63) is 35.1 Å². The maximum atomic E-state index is 13.1. The first-order valence-electron chi connectivity index (χ1n) is 6.07. The molecular weight excluding hydrogens is 217 g/mol. The zero-order chi connectivity index (χ0) is 12.3. The lowest BCUT2D eigenvalue weighted by Gasteiger charge is -2.32. The Hall–Kier alpha value is -0.970. The average molecular weight is 237 g/mol. The standard InChI is InChI=1S/C13H20FN3/c1-16-4-6-17(7-5-16)10-11-2-3-13(14)8-12(11)9-15/h2-3,8H,4-7,9-10,15H2,1H3. The molecule has 0 aliphatic carbocycles. The van der Waals surface area contributed by atoms with Crippen LogP contribution < -0.4 is 5.73 Å². The van der Waals surface area contributed by atoms with Crippen molar-refractivity contribution in [1.82, 2.24) is 9.80 Å². The van der Waals surface area contributed by atoms with E-state index in [1.165, 1.54) is 6.07 Å². The normalized spacial score (nSPS) is 18.5. The molecule has 0 spiro atoms. The van der Waals surface area contributed by atoms with E-state index >= 15 is 0 Å². The van der Waals surface area contributed by atoms with Crippen LogP contribution >= 0.6 is 0 Å². The summed E-state index contributed by atoms with van der Waals surface area (Å²) in [4.78, 5) is 4.72. The van der Waals surface area contributed by atoms with Gasteiger partial charge in [0.25, 0.3) is 0 Å². The van der Waals surface area contributed by atoms with E-state index in [2.05, 4.69) is 16.8 Å². The Kier molecular flexibility index (Phi) is 4.10. The van der Waals surface area contributed by atoms with Crippen LogP contribution in [0.3, 0.4) is 0 Å². The van der Waals surface area contributed by atoms with Gasteiger partial charge in [0, 0.05) is 39.3 Å². The molecule has 1 aliphatic heterocycles. The SMILES string of the molecule is CN1CCN(Cc2ccc(F)cc2CN)CC1. The van der Waals surface area contributed by atoms with Crippen molar-refractivity contribution in [3.63, 3.8) is 0 Å². The van der Waals surface area contributed by atoms with E-state index < -0.39 is 0 Å². The highest BCUT2D eigenvalue weighted by molar-refractivity contribution is 5.27. The van der Waals surface area contributed by atoms with Crippen molar-refractivity contribution < 1.29 is 4.39 Å². The number of rotatable bonds is 3. The van der Waals surface area contributed by atoms with Gasteiger partial charge in [-0.15, -0.1) is 0 Å². The number of hydrogen-bond acceptors (Lipinski definition) is 3.